The average Bonchev–Trinajstić information content (AvgIpc) is 2.39. The summed E-state index contributed by atoms with van der Waals surface area (Å²) in [6.45, 7) is 5.33. The highest BCUT2D eigenvalue weighted by Crippen LogP contribution is 2.16. The normalized spacial score (nSPS) is 12.5. The van der Waals surface area contributed by atoms with Crippen LogP contribution in [0.25, 0.3) is 0 Å². The molecule has 4 heteroatoms. The van der Waals surface area contributed by atoms with Crippen LogP contribution in [0, 0.1) is 0 Å². The van der Waals surface area contributed by atoms with Gasteiger partial charge in [0.2, 0.25) is 5.91 Å². The third kappa shape index (κ3) is 4.35. The van der Waals surface area contributed by atoms with Crippen LogP contribution >= 0.6 is 11.8 Å². The predicted octanol–water partition coefficient (Wildman–Crippen LogP) is 2.36. The van der Waals surface area contributed by atoms with Crippen molar-refractivity contribution in [1.29, 1.82) is 0 Å². The molecule has 0 heterocycles. The molecule has 0 aliphatic carbocycles. The van der Waals surface area contributed by atoms with Gasteiger partial charge >= 0.3 is 0 Å². The number of amides is 1. The highest BCUT2D eigenvalue weighted by Gasteiger charge is 2.16. The summed E-state index contributed by atoms with van der Waals surface area (Å²) in [4.78, 5) is 15.0. The van der Waals surface area contributed by atoms with Crippen LogP contribution in [0.5, 0.6) is 0 Å². The van der Waals surface area contributed by atoms with Gasteiger partial charge in [-0.05, 0) is 44.8 Å². The minimum absolute atomic E-state index is 0.0840. The zero-order chi connectivity index (χ0) is 13.5. The van der Waals surface area contributed by atoms with E-state index < -0.39 is 0 Å². The Morgan fingerprint density at radius 1 is 1.39 bits per heavy atom. The molecule has 0 unspecified atom stereocenters. The van der Waals surface area contributed by atoms with Crippen LogP contribution in [0.2, 0.25) is 0 Å². The Morgan fingerprint density at radius 3 is 2.50 bits per heavy atom. The van der Waals surface area contributed by atoms with Crippen molar-refractivity contribution < 1.29 is 4.79 Å². The lowest BCUT2D eigenvalue weighted by atomic mass is 10.2. The van der Waals surface area contributed by atoms with Gasteiger partial charge in [-0.25, -0.2) is 0 Å². The predicted molar refractivity (Wildman–Crippen MR) is 77.8 cm³/mol. The van der Waals surface area contributed by atoms with Crippen molar-refractivity contribution in [2.45, 2.75) is 31.3 Å². The summed E-state index contributed by atoms with van der Waals surface area (Å²) in [7, 11) is 1.97. The van der Waals surface area contributed by atoms with Gasteiger partial charge in [-0.1, -0.05) is 12.1 Å². The van der Waals surface area contributed by atoms with E-state index in [1.807, 2.05) is 20.9 Å². The van der Waals surface area contributed by atoms with Crippen LogP contribution in [0.3, 0.4) is 0 Å². The number of hydrogen-bond acceptors (Lipinski definition) is 3. The molecule has 0 aliphatic heterocycles. The van der Waals surface area contributed by atoms with Gasteiger partial charge < -0.3 is 5.32 Å². The van der Waals surface area contributed by atoms with Crippen LogP contribution in [-0.2, 0) is 11.3 Å². The van der Waals surface area contributed by atoms with Gasteiger partial charge in [-0.15, -0.1) is 11.8 Å². The summed E-state index contributed by atoms with van der Waals surface area (Å²) >= 11 is 1.74. The number of thioether (sulfide) groups is 1. The Labute approximate surface area is 114 Å². The molecule has 18 heavy (non-hydrogen) atoms. The maximum atomic E-state index is 11.7. The average molecular weight is 266 g/mol. The molecule has 0 aliphatic rings. The van der Waals surface area contributed by atoms with Crippen molar-refractivity contribution in [3.8, 4) is 0 Å². The summed E-state index contributed by atoms with van der Waals surface area (Å²) in [6, 6.07) is 8.36. The molecule has 0 radical (unpaired) electrons. The Balaban J connectivity index is 2.57. The van der Waals surface area contributed by atoms with E-state index >= 15 is 0 Å². The van der Waals surface area contributed by atoms with Crippen molar-refractivity contribution in [2.24, 2.45) is 0 Å². The Morgan fingerprint density at radius 2 is 2.00 bits per heavy atom. The Hall–Kier alpha value is -1.00. The van der Waals surface area contributed by atoms with Gasteiger partial charge in [-0.2, -0.15) is 0 Å². The van der Waals surface area contributed by atoms with Crippen LogP contribution in [0.15, 0.2) is 29.2 Å². The molecular formula is C14H22N2OS. The molecule has 0 aromatic heterocycles. The molecule has 1 aromatic rings. The van der Waals surface area contributed by atoms with Crippen molar-refractivity contribution in [2.75, 3.05) is 19.8 Å². The molecule has 0 fully saturated rings. The second kappa shape index (κ2) is 7.44. The fourth-order valence-electron chi connectivity index (χ4n) is 1.68. The molecule has 1 rings (SSSR count). The minimum Gasteiger partial charge on any atom is -0.355 e. The maximum absolute atomic E-state index is 11.7. The fourth-order valence-corrected chi connectivity index (χ4v) is 2.09. The molecular weight excluding hydrogens is 244 g/mol. The summed E-state index contributed by atoms with van der Waals surface area (Å²) in [5, 5.41) is 2.85. The van der Waals surface area contributed by atoms with Gasteiger partial charge in [-0.3, -0.25) is 9.69 Å². The lowest BCUT2D eigenvalue weighted by Gasteiger charge is -2.23. The van der Waals surface area contributed by atoms with E-state index in [0.29, 0.717) is 6.54 Å². The number of benzene rings is 1. The number of nitrogens with zero attached hydrogens (tertiary/aromatic N) is 1. The standard InChI is InChI=1S/C14H22N2OS/c1-5-15-14(17)11(2)16(3)10-12-6-8-13(18-4)9-7-12/h6-9,11H,5,10H2,1-4H3,(H,15,17)/t11-/m0/s1. The summed E-state index contributed by atoms with van der Waals surface area (Å²) < 4.78 is 0. The van der Waals surface area contributed by atoms with Crippen LogP contribution in [0.1, 0.15) is 19.4 Å². The number of rotatable bonds is 6. The zero-order valence-corrected chi connectivity index (χ0v) is 12.4. The first-order valence-electron chi connectivity index (χ1n) is 6.19. The van der Waals surface area contributed by atoms with Gasteiger partial charge in [0.25, 0.3) is 0 Å². The summed E-state index contributed by atoms with van der Waals surface area (Å²) in [5.74, 6) is 0.0840. The van der Waals surface area contributed by atoms with E-state index in [4.69, 9.17) is 0 Å². The molecule has 1 N–H and O–H groups in total. The van der Waals surface area contributed by atoms with Crippen molar-refractivity contribution in [1.82, 2.24) is 10.2 Å². The second-order valence-electron chi connectivity index (χ2n) is 4.33. The topological polar surface area (TPSA) is 32.3 Å². The van der Waals surface area contributed by atoms with Gasteiger partial charge in [0.15, 0.2) is 0 Å². The fraction of sp³-hybridized carbons (Fsp3) is 0.500. The first-order chi connectivity index (χ1) is 8.58. The van der Waals surface area contributed by atoms with E-state index in [1.54, 1.807) is 11.8 Å². The number of nitrogens with one attached hydrogen (secondary N) is 1. The molecule has 3 nitrogen and oxygen atoms in total. The number of carbonyl (C=O) groups excluding carboxylic acids is 1. The smallest absolute Gasteiger partial charge is 0.237 e. The van der Waals surface area contributed by atoms with Crippen molar-refractivity contribution in [3.63, 3.8) is 0 Å². The highest BCUT2D eigenvalue weighted by atomic mass is 32.2. The van der Waals surface area contributed by atoms with E-state index in [9.17, 15) is 4.79 Å². The van der Waals surface area contributed by atoms with Gasteiger partial charge in [0, 0.05) is 18.0 Å². The van der Waals surface area contributed by atoms with E-state index in [2.05, 4.69) is 40.7 Å². The van der Waals surface area contributed by atoms with E-state index in [1.165, 1.54) is 10.5 Å². The van der Waals surface area contributed by atoms with Crippen LogP contribution < -0.4 is 5.32 Å². The lowest BCUT2D eigenvalue weighted by molar-refractivity contribution is -0.125. The third-order valence-electron chi connectivity index (χ3n) is 2.98. The molecule has 0 saturated carbocycles. The highest BCUT2D eigenvalue weighted by molar-refractivity contribution is 7.98. The number of carbonyl (C=O) groups is 1. The first kappa shape index (κ1) is 15.1. The zero-order valence-electron chi connectivity index (χ0n) is 11.6. The van der Waals surface area contributed by atoms with Crippen LogP contribution in [-0.4, -0.2) is 36.7 Å². The van der Waals surface area contributed by atoms with Gasteiger partial charge in [0.05, 0.1) is 6.04 Å². The third-order valence-corrected chi connectivity index (χ3v) is 3.73. The minimum atomic E-state index is -0.106. The number of hydrogen-bond donors (Lipinski definition) is 1. The molecule has 1 amide bonds. The number of likely N-dealkylation sites (N-methyl/N-ethyl adjacent to an activating group) is 2. The lowest BCUT2D eigenvalue weighted by Crippen LogP contribution is -2.42. The Bertz CT molecular complexity index is 378. The molecule has 1 aromatic carbocycles. The summed E-state index contributed by atoms with van der Waals surface area (Å²) in [6.07, 6.45) is 2.07. The van der Waals surface area contributed by atoms with Gasteiger partial charge in [0.1, 0.15) is 0 Å². The Kier molecular flexibility index (Phi) is 6.22. The van der Waals surface area contributed by atoms with Crippen LogP contribution in [0.4, 0.5) is 0 Å². The molecule has 0 saturated heterocycles. The molecule has 0 bridgehead atoms. The molecule has 1 atom stereocenters. The first-order valence-corrected chi connectivity index (χ1v) is 7.41. The SMILES string of the molecule is CCNC(=O)[C@H](C)N(C)Cc1ccc(SC)cc1. The molecule has 0 spiro atoms. The van der Waals surface area contributed by atoms with E-state index in [0.717, 1.165) is 6.54 Å². The summed E-state index contributed by atoms with van der Waals surface area (Å²) in [5.41, 5.74) is 1.23. The van der Waals surface area contributed by atoms with Crippen molar-refractivity contribution >= 4 is 17.7 Å². The van der Waals surface area contributed by atoms with E-state index in [-0.39, 0.29) is 11.9 Å². The maximum Gasteiger partial charge on any atom is 0.237 e. The van der Waals surface area contributed by atoms with Crippen molar-refractivity contribution in [3.05, 3.63) is 29.8 Å². The quantitative estimate of drug-likeness (QED) is 0.802. The second-order valence-corrected chi connectivity index (χ2v) is 5.21. The largest absolute Gasteiger partial charge is 0.355 e. The molecule has 100 valence electrons. The monoisotopic (exact) mass is 266 g/mol.